The minimum Gasteiger partial charge on any atom is -0.294 e. The van der Waals surface area contributed by atoms with Crippen LogP contribution < -0.4 is 0 Å². The van der Waals surface area contributed by atoms with Crippen LogP contribution in [-0.2, 0) is 6.42 Å². The lowest BCUT2D eigenvalue weighted by Gasteiger charge is -1.93. The molecule has 0 aromatic carbocycles. The summed E-state index contributed by atoms with van der Waals surface area (Å²) in [5.41, 5.74) is 1.09. The first kappa shape index (κ1) is 8.21. The van der Waals surface area contributed by atoms with E-state index >= 15 is 0 Å². The van der Waals surface area contributed by atoms with Gasteiger partial charge < -0.3 is 0 Å². The molecule has 1 aromatic heterocycles. The van der Waals surface area contributed by atoms with Crippen LogP contribution in [0, 0.1) is 0 Å². The van der Waals surface area contributed by atoms with Crippen LogP contribution in [0.2, 0.25) is 0 Å². The summed E-state index contributed by atoms with van der Waals surface area (Å²) in [5, 5.41) is 1.94. The van der Waals surface area contributed by atoms with Gasteiger partial charge in [0.1, 0.15) is 0 Å². The summed E-state index contributed by atoms with van der Waals surface area (Å²) in [5.74, 6) is 0.150. The molecule has 1 nitrogen and oxygen atoms in total. The number of ketones is 1. The van der Waals surface area contributed by atoms with E-state index in [4.69, 9.17) is 0 Å². The van der Waals surface area contributed by atoms with Crippen LogP contribution in [0.25, 0.3) is 0 Å². The summed E-state index contributed by atoms with van der Waals surface area (Å²) in [4.78, 5) is 11.8. The molecular weight excluding hydrogens is 156 g/mol. The molecule has 0 bridgehead atoms. The Bertz CT molecular complexity index is 273. The number of Topliss-reactive ketones (excluding diaryl/α,β-unsaturated/α-hetero) is 1. The van der Waals surface area contributed by atoms with Crippen molar-refractivity contribution in [2.45, 2.75) is 13.3 Å². The molecule has 11 heavy (non-hydrogen) atoms. The molecule has 0 amide bonds. The molecule has 58 valence electrons. The number of hydrogen-bond acceptors (Lipinski definition) is 2. The minimum atomic E-state index is 0.150. The van der Waals surface area contributed by atoms with E-state index in [9.17, 15) is 4.79 Å². The number of allylic oxidation sites excluding steroid dienone is 1. The van der Waals surface area contributed by atoms with E-state index in [0.717, 1.165) is 16.9 Å². The molecule has 0 aliphatic carbocycles. The lowest BCUT2D eigenvalue weighted by molar-refractivity contribution is 0.102. The highest BCUT2D eigenvalue weighted by atomic mass is 32.1. The van der Waals surface area contributed by atoms with Crippen LogP contribution in [0.5, 0.6) is 0 Å². The largest absolute Gasteiger partial charge is 0.294 e. The molecule has 0 fully saturated rings. The molecule has 0 N–H and O–H groups in total. The van der Waals surface area contributed by atoms with Crippen molar-refractivity contribution in [1.29, 1.82) is 0 Å². The van der Waals surface area contributed by atoms with Gasteiger partial charge in [0.15, 0.2) is 5.78 Å². The lowest BCUT2D eigenvalue weighted by Crippen LogP contribution is -1.91. The Morgan fingerprint density at radius 2 is 2.55 bits per heavy atom. The van der Waals surface area contributed by atoms with Crippen LogP contribution in [-0.4, -0.2) is 5.78 Å². The van der Waals surface area contributed by atoms with Gasteiger partial charge in [0.05, 0.1) is 4.88 Å². The Balaban J connectivity index is 2.95. The highest BCUT2D eigenvalue weighted by molar-refractivity contribution is 7.12. The highest BCUT2D eigenvalue weighted by Gasteiger charge is 2.05. The first-order valence-corrected chi connectivity index (χ1v) is 4.32. The van der Waals surface area contributed by atoms with Gasteiger partial charge in [-0.2, -0.15) is 0 Å². The smallest absolute Gasteiger partial charge is 0.170 e. The van der Waals surface area contributed by atoms with Crippen molar-refractivity contribution in [2.24, 2.45) is 0 Å². The van der Waals surface area contributed by atoms with E-state index in [1.807, 2.05) is 17.5 Å². The quantitative estimate of drug-likeness (QED) is 0.498. The summed E-state index contributed by atoms with van der Waals surface area (Å²) in [6.07, 6.45) is 2.60. The fraction of sp³-hybridized carbons (Fsp3) is 0.222. The van der Waals surface area contributed by atoms with Crippen LogP contribution >= 0.6 is 11.3 Å². The van der Waals surface area contributed by atoms with Crippen molar-refractivity contribution < 1.29 is 4.79 Å². The van der Waals surface area contributed by atoms with Gasteiger partial charge in [-0.25, -0.2) is 0 Å². The van der Waals surface area contributed by atoms with E-state index in [0.29, 0.717) is 0 Å². The second-order valence-electron chi connectivity index (χ2n) is 2.32. The van der Waals surface area contributed by atoms with E-state index in [1.165, 1.54) is 11.3 Å². The SMILES string of the molecule is C=CCc1ccsc1C(C)=O. The summed E-state index contributed by atoms with van der Waals surface area (Å²) < 4.78 is 0. The maximum atomic E-state index is 11.0. The van der Waals surface area contributed by atoms with Crippen molar-refractivity contribution in [3.63, 3.8) is 0 Å². The normalized spacial score (nSPS) is 9.55. The van der Waals surface area contributed by atoms with Gasteiger partial charge in [0.2, 0.25) is 0 Å². The average Bonchev–Trinajstić information content (AvgIpc) is 2.36. The van der Waals surface area contributed by atoms with Crippen LogP contribution in [0.15, 0.2) is 24.1 Å². The monoisotopic (exact) mass is 166 g/mol. The molecule has 2 heteroatoms. The van der Waals surface area contributed by atoms with Gasteiger partial charge in [0, 0.05) is 0 Å². The zero-order valence-electron chi connectivity index (χ0n) is 6.46. The number of hydrogen-bond donors (Lipinski definition) is 0. The van der Waals surface area contributed by atoms with Gasteiger partial charge in [-0.05, 0) is 30.4 Å². The molecular formula is C9H10OS. The predicted octanol–water partition coefficient (Wildman–Crippen LogP) is 2.68. The number of carbonyl (C=O) groups excluding carboxylic acids is 1. The third-order valence-electron chi connectivity index (χ3n) is 1.43. The van der Waals surface area contributed by atoms with Gasteiger partial charge in [-0.1, -0.05) is 6.08 Å². The molecule has 1 aromatic rings. The van der Waals surface area contributed by atoms with Gasteiger partial charge in [-0.3, -0.25) is 4.79 Å². The molecule has 0 radical (unpaired) electrons. The van der Waals surface area contributed by atoms with E-state index < -0.39 is 0 Å². The van der Waals surface area contributed by atoms with Crippen LogP contribution in [0.3, 0.4) is 0 Å². The summed E-state index contributed by atoms with van der Waals surface area (Å²) in [6.45, 7) is 5.22. The molecule has 1 heterocycles. The first-order chi connectivity index (χ1) is 5.25. The maximum Gasteiger partial charge on any atom is 0.170 e. The molecule has 0 saturated heterocycles. The molecule has 0 spiro atoms. The topological polar surface area (TPSA) is 17.1 Å². The second kappa shape index (κ2) is 3.49. The van der Waals surface area contributed by atoms with Crippen LogP contribution in [0.4, 0.5) is 0 Å². The Hall–Kier alpha value is -0.890. The Morgan fingerprint density at radius 3 is 3.09 bits per heavy atom. The first-order valence-electron chi connectivity index (χ1n) is 3.44. The third-order valence-corrected chi connectivity index (χ3v) is 2.49. The predicted molar refractivity (Wildman–Crippen MR) is 48.2 cm³/mol. The zero-order chi connectivity index (χ0) is 8.27. The Morgan fingerprint density at radius 1 is 1.82 bits per heavy atom. The van der Waals surface area contributed by atoms with Crippen molar-refractivity contribution in [3.05, 3.63) is 34.5 Å². The molecule has 1 rings (SSSR count). The highest BCUT2D eigenvalue weighted by Crippen LogP contribution is 2.17. The number of rotatable bonds is 3. The summed E-state index contributed by atoms with van der Waals surface area (Å²) in [7, 11) is 0. The number of thiophene rings is 1. The summed E-state index contributed by atoms with van der Waals surface area (Å²) >= 11 is 1.50. The van der Waals surface area contributed by atoms with Gasteiger partial charge in [-0.15, -0.1) is 17.9 Å². The zero-order valence-corrected chi connectivity index (χ0v) is 7.28. The maximum absolute atomic E-state index is 11.0. The number of carbonyl (C=O) groups is 1. The molecule has 0 aliphatic heterocycles. The van der Waals surface area contributed by atoms with Crippen molar-refractivity contribution in [3.8, 4) is 0 Å². The standard InChI is InChI=1S/C9H10OS/c1-3-4-8-5-6-11-9(8)7(2)10/h3,5-6H,1,4H2,2H3. The van der Waals surface area contributed by atoms with E-state index in [1.54, 1.807) is 6.92 Å². The van der Waals surface area contributed by atoms with E-state index in [2.05, 4.69) is 6.58 Å². The molecule has 0 saturated carbocycles. The molecule has 0 unspecified atom stereocenters. The fourth-order valence-corrected chi connectivity index (χ4v) is 1.80. The Labute approximate surface area is 70.4 Å². The third kappa shape index (κ3) is 1.77. The van der Waals surface area contributed by atoms with Crippen molar-refractivity contribution in [2.75, 3.05) is 0 Å². The van der Waals surface area contributed by atoms with Gasteiger partial charge >= 0.3 is 0 Å². The summed E-state index contributed by atoms with van der Waals surface area (Å²) in [6, 6.07) is 1.98. The molecule has 0 atom stereocenters. The second-order valence-corrected chi connectivity index (χ2v) is 3.24. The van der Waals surface area contributed by atoms with Gasteiger partial charge in [0.25, 0.3) is 0 Å². The lowest BCUT2D eigenvalue weighted by atomic mass is 10.1. The van der Waals surface area contributed by atoms with Crippen LogP contribution in [0.1, 0.15) is 22.2 Å². The molecule has 0 aliphatic rings. The minimum absolute atomic E-state index is 0.150. The fourth-order valence-electron chi connectivity index (χ4n) is 0.961. The Kier molecular flexibility index (Phi) is 2.60. The average molecular weight is 166 g/mol. The van der Waals surface area contributed by atoms with Crippen molar-refractivity contribution >= 4 is 17.1 Å². The van der Waals surface area contributed by atoms with E-state index in [-0.39, 0.29) is 5.78 Å². The van der Waals surface area contributed by atoms with Crippen molar-refractivity contribution in [1.82, 2.24) is 0 Å².